The van der Waals surface area contributed by atoms with E-state index >= 15 is 0 Å². The first-order valence-corrected chi connectivity index (χ1v) is 9.70. The smallest absolute Gasteiger partial charge is 0.261 e. The fourth-order valence-electron chi connectivity index (χ4n) is 1.68. The fourth-order valence-corrected chi connectivity index (χ4v) is 4.17. The molecule has 0 saturated carbocycles. The van der Waals surface area contributed by atoms with Crippen LogP contribution in [0, 0.1) is 0 Å². The molecule has 23 heavy (non-hydrogen) atoms. The molecule has 2 aromatic carbocycles. The minimum Gasteiger partial charge on any atom is -0.399 e. The van der Waals surface area contributed by atoms with Crippen LogP contribution in [0.4, 0.5) is 11.4 Å². The van der Waals surface area contributed by atoms with Crippen molar-refractivity contribution in [2.75, 3.05) is 10.5 Å². The lowest BCUT2D eigenvalue weighted by Crippen LogP contribution is -2.15. The SMILES string of the molecule is Nc1ccc(S(=O)(=O)Nc2ccc(S(N)(=O)=O)c(Cl)c2Cl)cc1. The quantitative estimate of drug-likeness (QED) is 0.680. The Hall–Kier alpha value is -1.52. The highest BCUT2D eigenvalue weighted by Gasteiger charge is 2.21. The first-order valence-electron chi connectivity index (χ1n) is 5.91. The molecule has 0 saturated heterocycles. The van der Waals surface area contributed by atoms with Crippen LogP contribution >= 0.6 is 23.2 Å². The zero-order valence-corrected chi connectivity index (χ0v) is 14.5. The summed E-state index contributed by atoms with van der Waals surface area (Å²) in [5.41, 5.74) is 5.82. The van der Waals surface area contributed by atoms with Gasteiger partial charge in [0, 0.05) is 5.69 Å². The molecule has 0 atom stereocenters. The highest BCUT2D eigenvalue weighted by molar-refractivity contribution is 7.92. The van der Waals surface area contributed by atoms with Crippen LogP contribution in [0.2, 0.25) is 10.0 Å². The number of primary sulfonamides is 1. The number of nitrogen functional groups attached to an aromatic ring is 1. The molecule has 11 heteroatoms. The van der Waals surface area contributed by atoms with E-state index in [0.717, 1.165) is 12.1 Å². The lowest BCUT2D eigenvalue weighted by Gasteiger charge is -2.12. The Balaban J connectivity index is 2.45. The molecule has 0 aliphatic heterocycles. The Morgan fingerprint density at radius 2 is 1.43 bits per heavy atom. The average molecular weight is 396 g/mol. The zero-order chi connectivity index (χ0) is 17.4. The van der Waals surface area contributed by atoms with Gasteiger partial charge in [-0.1, -0.05) is 23.2 Å². The molecule has 0 aromatic heterocycles. The number of halogens is 2. The van der Waals surface area contributed by atoms with Gasteiger partial charge in [0.1, 0.15) is 4.90 Å². The summed E-state index contributed by atoms with van der Waals surface area (Å²) < 4.78 is 49.4. The van der Waals surface area contributed by atoms with Gasteiger partial charge in [-0.15, -0.1) is 0 Å². The summed E-state index contributed by atoms with van der Waals surface area (Å²) in [6, 6.07) is 7.69. The molecule has 0 radical (unpaired) electrons. The maximum absolute atomic E-state index is 12.3. The number of anilines is 2. The van der Waals surface area contributed by atoms with E-state index < -0.39 is 24.9 Å². The zero-order valence-electron chi connectivity index (χ0n) is 11.3. The van der Waals surface area contributed by atoms with Gasteiger partial charge in [-0.2, -0.15) is 0 Å². The van der Waals surface area contributed by atoms with E-state index in [-0.39, 0.29) is 20.6 Å². The molecule has 0 bridgehead atoms. The maximum atomic E-state index is 12.3. The monoisotopic (exact) mass is 395 g/mol. The van der Waals surface area contributed by atoms with Crippen LogP contribution in [0.3, 0.4) is 0 Å². The largest absolute Gasteiger partial charge is 0.399 e. The molecule has 0 heterocycles. The molecule has 0 unspecified atom stereocenters. The third-order valence-corrected chi connectivity index (χ3v) is 6.12. The summed E-state index contributed by atoms with van der Waals surface area (Å²) in [5, 5.41) is 4.34. The maximum Gasteiger partial charge on any atom is 0.261 e. The van der Waals surface area contributed by atoms with Crippen molar-refractivity contribution in [3.8, 4) is 0 Å². The van der Waals surface area contributed by atoms with Crippen molar-refractivity contribution in [3.63, 3.8) is 0 Å². The van der Waals surface area contributed by atoms with Gasteiger partial charge < -0.3 is 5.73 Å². The van der Waals surface area contributed by atoms with Gasteiger partial charge in [0.15, 0.2) is 0 Å². The van der Waals surface area contributed by atoms with Gasteiger partial charge in [-0.25, -0.2) is 22.0 Å². The Labute approximate surface area is 143 Å². The number of nitrogens with one attached hydrogen (secondary N) is 1. The molecule has 0 aliphatic rings. The number of hydrogen-bond donors (Lipinski definition) is 3. The topological polar surface area (TPSA) is 132 Å². The Morgan fingerprint density at radius 1 is 0.870 bits per heavy atom. The van der Waals surface area contributed by atoms with Crippen LogP contribution in [0.15, 0.2) is 46.2 Å². The van der Waals surface area contributed by atoms with E-state index in [2.05, 4.69) is 4.72 Å². The summed E-state index contributed by atoms with van der Waals surface area (Å²) in [4.78, 5) is -0.450. The second-order valence-corrected chi connectivity index (χ2v) is 8.43. The second-order valence-electron chi connectivity index (χ2n) is 4.46. The number of benzene rings is 2. The van der Waals surface area contributed by atoms with Gasteiger partial charge in [-0.05, 0) is 36.4 Å². The van der Waals surface area contributed by atoms with Crippen LogP contribution in [-0.2, 0) is 20.0 Å². The number of nitrogens with two attached hydrogens (primary N) is 2. The molecule has 7 nitrogen and oxygen atoms in total. The van der Waals surface area contributed by atoms with E-state index in [1.54, 1.807) is 0 Å². The van der Waals surface area contributed by atoms with E-state index in [1.807, 2.05) is 0 Å². The van der Waals surface area contributed by atoms with Crippen molar-refractivity contribution in [3.05, 3.63) is 46.4 Å². The molecular weight excluding hydrogens is 385 g/mol. The van der Waals surface area contributed by atoms with Crippen molar-refractivity contribution in [2.24, 2.45) is 5.14 Å². The molecule has 0 spiro atoms. The van der Waals surface area contributed by atoms with Gasteiger partial charge in [-0.3, -0.25) is 4.72 Å². The van der Waals surface area contributed by atoms with Gasteiger partial charge in [0.25, 0.3) is 10.0 Å². The summed E-state index contributed by atoms with van der Waals surface area (Å²) >= 11 is 11.8. The predicted molar refractivity (Wildman–Crippen MR) is 89.5 cm³/mol. The third kappa shape index (κ3) is 3.88. The van der Waals surface area contributed by atoms with Crippen molar-refractivity contribution >= 4 is 54.6 Å². The molecule has 0 aliphatic carbocycles. The van der Waals surface area contributed by atoms with Crippen molar-refractivity contribution < 1.29 is 16.8 Å². The number of hydrogen-bond acceptors (Lipinski definition) is 5. The van der Waals surface area contributed by atoms with Crippen molar-refractivity contribution in [1.29, 1.82) is 0 Å². The van der Waals surface area contributed by atoms with Crippen LogP contribution in [-0.4, -0.2) is 16.8 Å². The summed E-state index contributed by atoms with van der Waals surface area (Å²) in [6.45, 7) is 0. The highest BCUT2D eigenvalue weighted by atomic mass is 35.5. The third-order valence-electron chi connectivity index (χ3n) is 2.79. The first-order chi connectivity index (χ1) is 10.5. The van der Waals surface area contributed by atoms with E-state index in [1.165, 1.54) is 24.3 Å². The predicted octanol–water partition coefficient (Wildman–Crippen LogP) is 2.02. The van der Waals surface area contributed by atoms with Gasteiger partial charge in [0.2, 0.25) is 10.0 Å². The molecule has 5 N–H and O–H groups in total. The molecule has 124 valence electrons. The Morgan fingerprint density at radius 3 is 1.96 bits per heavy atom. The van der Waals surface area contributed by atoms with E-state index in [0.29, 0.717) is 5.69 Å². The summed E-state index contributed by atoms with van der Waals surface area (Å²) in [6.07, 6.45) is 0. The number of rotatable bonds is 4. The van der Waals surface area contributed by atoms with Crippen LogP contribution < -0.4 is 15.6 Å². The molecule has 0 amide bonds. The van der Waals surface area contributed by atoms with Gasteiger partial charge >= 0.3 is 0 Å². The second kappa shape index (κ2) is 6.17. The van der Waals surface area contributed by atoms with Crippen LogP contribution in [0.1, 0.15) is 0 Å². The minimum absolute atomic E-state index is 0.0468. The lowest BCUT2D eigenvalue weighted by molar-refractivity contribution is 0.597. The van der Waals surface area contributed by atoms with E-state index in [9.17, 15) is 16.8 Å². The molecule has 2 rings (SSSR count). The normalized spacial score (nSPS) is 12.1. The summed E-state index contributed by atoms with van der Waals surface area (Å²) in [7, 11) is -8.03. The first kappa shape index (κ1) is 17.8. The average Bonchev–Trinajstić information content (AvgIpc) is 2.43. The van der Waals surface area contributed by atoms with Gasteiger partial charge in [0.05, 0.1) is 20.6 Å². The minimum atomic E-state index is -4.08. The Kier molecular flexibility index (Phi) is 4.79. The summed E-state index contributed by atoms with van der Waals surface area (Å²) in [5.74, 6) is 0. The standard InChI is InChI=1S/C12H11Cl2N3O4S2/c13-11-9(5-6-10(12(11)14)22(16,18)19)17-23(20,21)8-3-1-7(15)2-4-8/h1-6,17H,15H2,(H2,16,18,19). The molecule has 2 aromatic rings. The molecule has 0 fully saturated rings. The van der Waals surface area contributed by atoms with Crippen LogP contribution in [0.5, 0.6) is 0 Å². The lowest BCUT2D eigenvalue weighted by atomic mass is 10.3. The van der Waals surface area contributed by atoms with Crippen molar-refractivity contribution in [1.82, 2.24) is 0 Å². The Bertz CT molecular complexity index is 959. The van der Waals surface area contributed by atoms with Crippen LogP contribution in [0.25, 0.3) is 0 Å². The van der Waals surface area contributed by atoms with Crippen molar-refractivity contribution in [2.45, 2.75) is 9.79 Å². The highest BCUT2D eigenvalue weighted by Crippen LogP contribution is 2.35. The number of sulfonamides is 2. The molecular formula is C12H11Cl2N3O4S2. The van der Waals surface area contributed by atoms with E-state index in [4.69, 9.17) is 34.1 Å². The fraction of sp³-hybridized carbons (Fsp3) is 0.